The molecular formula is C30H40O4. The zero-order chi connectivity index (χ0) is 22.8. The van der Waals surface area contributed by atoms with Crippen LogP contribution in [-0.4, -0.2) is 18.8 Å². The van der Waals surface area contributed by atoms with Crippen molar-refractivity contribution in [1.29, 1.82) is 0 Å². The molecule has 4 nitrogen and oxygen atoms in total. The average Bonchev–Trinajstić information content (AvgIpc) is 3.52. The highest BCUT2D eigenvalue weighted by atomic mass is 17.3. The summed E-state index contributed by atoms with van der Waals surface area (Å²) in [5, 5.41) is 0. The Morgan fingerprint density at radius 1 is 0.912 bits per heavy atom. The van der Waals surface area contributed by atoms with Crippen LogP contribution in [0.15, 0.2) is 24.3 Å². The van der Waals surface area contributed by atoms with Gasteiger partial charge in [-0.2, -0.15) is 4.89 Å². The van der Waals surface area contributed by atoms with E-state index >= 15 is 0 Å². The Kier molecular flexibility index (Phi) is 5.38. The minimum atomic E-state index is -0.814. The molecule has 0 radical (unpaired) electrons. The van der Waals surface area contributed by atoms with Crippen molar-refractivity contribution >= 4 is 6.08 Å². The highest BCUT2D eigenvalue weighted by molar-refractivity contribution is 5.59. The van der Waals surface area contributed by atoms with Gasteiger partial charge in [-0.25, -0.2) is 4.89 Å². The lowest BCUT2D eigenvalue weighted by Gasteiger charge is -2.60. The van der Waals surface area contributed by atoms with E-state index in [1.807, 2.05) is 0 Å². The van der Waals surface area contributed by atoms with Crippen molar-refractivity contribution in [1.82, 2.24) is 0 Å². The van der Waals surface area contributed by atoms with E-state index in [0.29, 0.717) is 23.9 Å². The van der Waals surface area contributed by atoms with Crippen LogP contribution in [0, 0.1) is 29.6 Å². The van der Waals surface area contributed by atoms with Gasteiger partial charge < -0.3 is 9.47 Å². The van der Waals surface area contributed by atoms with Gasteiger partial charge in [-0.15, -0.1) is 0 Å². The van der Waals surface area contributed by atoms with Crippen molar-refractivity contribution in [2.45, 2.75) is 101 Å². The van der Waals surface area contributed by atoms with Crippen molar-refractivity contribution in [3.8, 4) is 5.75 Å². The largest absolute Gasteiger partial charge is 0.490 e. The van der Waals surface area contributed by atoms with Crippen molar-refractivity contribution in [3.63, 3.8) is 0 Å². The molecule has 7 fully saturated rings. The lowest BCUT2D eigenvalue weighted by molar-refractivity contribution is -0.635. The van der Waals surface area contributed by atoms with Gasteiger partial charge in [0.15, 0.2) is 5.60 Å². The molecule has 6 saturated carbocycles. The summed E-state index contributed by atoms with van der Waals surface area (Å²) in [6, 6.07) is 6.68. The van der Waals surface area contributed by atoms with Crippen LogP contribution >= 0.6 is 0 Å². The zero-order valence-corrected chi connectivity index (χ0v) is 20.7. The van der Waals surface area contributed by atoms with E-state index in [2.05, 4.69) is 30.4 Å². The molecule has 1 heterocycles. The predicted octanol–water partition coefficient (Wildman–Crippen LogP) is 7.17. The Balaban J connectivity index is 1.23. The van der Waals surface area contributed by atoms with Crippen LogP contribution < -0.4 is 4.74 Å². The SMILES string of the molecule is COC1(c2ccc(/C=C/C3CCCCC3)c(OC3CCCC3)c2)OOC12C1CC3CC(C1)C2C3. The van der Waals surface area contributed by atoms with Gasteiger partial charge in [-0.05, 0) is 93.9 Å². The highest BCUT2D eigenvalue weighted by Crippen LogP contribution is 2.72. The maximum absolute atomic E-state index is 6.67. The molecule has 184 valence electrons. The fourth-order valence-electron chi connectivity index (χ4n) is 8.91. The minimum absolute atomic E-state index is 0.321. The molecule has 34 heavy (non-hydrogen) atoms. The number of hydrogen-bond donors (Lipinski definition) is 0. The third-order valence-electron chi connectivity index (χ3n) is 10.4. The molecular weight excluding hydrogens is 424 g/mol. The Morgan fingerprint density at radius 3 is 2.47 bits per heavy atom. The van der Waals surface area contributed by atoms with Gasteiger partial charge in [-0.1, -0.05) is 43.5 Å². The fourth-order valence-corrected chi connectivity index (χ4v) is 8.91. The Bertz CT molecular complexity index is 937. The first-order valence-electron chi connectivity index (χ1n) is 14.1. The smallest absolute Gasteiger partial charge is 0.260 e. The maximum Gasteiger partial charge on any atom is 0.260 e. The Morgan fingerprint density at radius 2 is 1.74 bits per heavy atom. The van der Waals surface area contributed by atoms with Gasteiger partial charge >= 0.3 is 0 Å². The van der Waals surface area contributed by atoms with Crippen molar-refractivity contribution < 1.29 is 19.2 Å². The second kappa shape index (κ2) is 8.35. The lowest BCUT2D eigenvalue weighted by Crippen LogP contribution is -2.71. The lowest BCUT2D eigenvalue weighted by atomic mass is 9.65. The molecule has 7 aliphatic rings. The van der Waals surface area contributed by atoms with Crippen LogP contribution in [0.5, 0.6) is 5.75 Å². The van der Waals surface area contributed by atoms with Crippen molar-refractivity contribution in [2.75, 3.05) is 7.11 Å². The number of allylic oxidation sites excluding steroid dienone is 1. The Hall–Kier alpha value is -1.36. The Labute approximate surface area is 204 Å². The number of methoxy groups -OCH3 is 1. The normalized spacial score (nSPS) is 41.7. The summed E-state index contributed by atoms with van der Waals surface area (Å²) in [5.74, 6) is 3.62. The summed E-state index contributed by atoms with van der Waals surface area (Å²) >= 11 is 0. The van der Waals surface area contributed by atoms with E-state index in [4.69, 9.17) is 19.2 Å². The van der Waals surface area contributed by atoms with Gasteiger partial charge in [-0.3, -0.25) is 0 Å². The van der Waals surface area contributed by atoms with E-state index in [1.165, 1.54) is 76.2 Å². The summed E-state index contributed by atoms with van der Waals surface area (Å²) in [7, 11) is 1.80. The molecule has 0 N–H and O–H groups in total. The first kappa shape index (κ1) is 21.9. The van der Waals surface area contributed by atoms with E-state index in [0.717, 1.165) is 36.0 Å². The highest BCUT2D eigenvalue weighted by Gasteiger charge is 2.79. The van der Waals surface area contributed by atoms with Gasteiger partial charge in [0.2, 0.25) is 0 Å². The van der Waals surface area contributed by atoms with Crippen LogP contribution in [0.3, 0.4) is 0 Å². The summed E-state index contributed by atoms with van der Waals surface area (Å²) in [4.78, 5) is 12.2. The van der Waals surface area contributed by atoms with E-state index in [-0.39, 0.29) is 5.60 Å². The molecule has 0 amide bonds. The van der Waals surface area contributed by atoms with Crippen LogP contribution in [-0.2, 0) is 20.3 Å². The minimum Gasteiger partial charge on any atom is -0.490 e. The third-order valence-corrected chi connectivity index (χ3v) is 10.4. The van der Waals surface area contributed by atoms with E-state index in [9.17, 15) is 0 Å². The second-order valence-electron chi connectivity index (χ2n) is 12.2. The van der Waals surface area contributed by atoms with E-state index in [1.54, 1.807) is 7.11 Å². The van der Waals surface area contributed by atoms with Gasteiger partial charge in [0.25, 0.3) is 5.79 Å². The van der Waals surface area contributed by atoms with Crippen LogP contribution in [0.4, 0.5) is 0 Å². The summed E-state index contributed by atoms with van der Waals surface area (Å²) in [5.41, 5.74) is 1.93. The second-order valence-corrected chi connectivity index (χ2v) is 12.2. The molecule has 4 heteroatoms. The molecule has 1 aliphatic heterocycles. The monoisotopic (exact) mass is 464 g/mol. The fraction of sp³-hybridized carbons (Fsp3) is 0.733. The molecule has 1 aromatic carbocycles. The molecule has 4 bridgehead atoms. The van der Waals surface area contributed by atoms with Crippen LogP contribution in [0.2, 0.25) is 0 Å². The van der Waals surface area contributed by atoms with Crippen molar-refractivity contribution in [3.05, 3.63) is 35.4 Å². The van der Waals surface area contributed by atoms with Gasteiger partial charge in [0.05, 0.1) is 6.10 Å². The molecule has 6 unspecified atom stereocenters. The molecule has 6 aliphatic carbocycles. The van der Waals surface area contributed by atoms with E-state index < -0.39 is 5.79 Å². The topological polar surface area (TPSA) is 36.9 Å². The van der Waals surface area contributed by atoms with Crippen LogP contribution in [0.1, 0.15) is 94.6 Å². The number of benzene rings is 1. The third kappa shape index (κ3) is 3.14. The predicted molar refractivity (Wildman–Crippen MR) is 131 cm³/mol. The standard InChI is InChI=1S/C30H40O4/c1-31-30(29(33-34-30)25-16-21-15-23(18-25)27(29)17-21)24-14-13-22(12-11-20-7-3-2-4-8-20)28(19-24)32-26-9-5-6-10-26/h11-14,19-21,23,25-27H,2-10,15-18H2,1H3/b12-11+. The first-order valence-corrected chi connectivity index (χ1v) is 14.1. The molecule has 1 saturated heterocycles. The zero-order valence-electron chi connectivity index (χ0n) is 20.7. The molecule has 0 aromatic heterocycles. The number of rotatable bonds is 6. The summed E-state index contributed by atoms with van der Waals surface area (Å²) in [6.07, 6.45) is 21.8. The molecule has 1 spiro atoms. The summed E-state index contributed by atoms with van der Waals surface area (Å²) in [6.45, 7) is 0. The molecule has 1 aromatic rings. The molecule has 8 rings (SSSR count). The molecule has 6 atom stereocenters. The number of hydrogen-bond acceptors (Lipinski definition) is 4. The van der Waals surface area contributed by atoms with Crippen molar-refractivity contribution in [2.24, 2.45) is 29.6 Å². The van der Waals surface area contributed by atoms with Crippen LogP contribution in [0.25, 0.3) is 6.08 Å². The van der Waals surface area contributed by atoms with Gasteiger partial charge in [0, 0.05) is 24.2 Å². The summed E-state index contributed by atoms with van der Waals surface area (Å²) < 4.78 is 13.0. The first-order chi connectivity index (χ1) is 16.7. The average molecular weight is 465 g/mol. The van der Waals surface area contributed by atoms with Gasteiger partial charge in [0.1, 0.15) is 5.75 Å². The maximum atomic E-state index is 6.67. The number of ether oxygens (including phenoxy) is 2. The quantitative estimate of drug-likeness (QED) is 0.418.